The molecule has 7 heteroatoms. The molecule has 1 heterocycles. The van der Waals surface area contributed by atoms with E-state index in [1.54, 1.807) is 12.1 Å². The number of hydrogen-bond acceptors (Lipinski definition) is 2. The van der Waals surface area contributed by atoms with E-state index in [4.69, 9.17) is 0 Å². The lowest BCUT2D eigenvalue weighted by Gasteiger charge is -2.28. The fourth-order valence-electron chi connectivity index (χ4n) is 2.96. The molecule has 0 aliphatic rings. The zero-order valence-electron chi connectivity index (χ0n) is 17.3. The van der Waals surface area contributed by atoms with Crippen molar-refractivity contribution >= 4 is 33.6 Å². The van der Waals surface area contributed by atoms with E-state index in [1.165, 1.54) is 4.90 Å². The summed E-state index contributed by atoms with van der Waals surface area (Å²) in [4.78, 5) is 29.1. The molecular formula is C22H29BrN4O2. The first-order valence-electron chi connectivity index (χ1n) is 9.60. The number of nitrogens with zero attached hydrogens (tertiary/aromatic N) is 3. The number of rotatable bonds is 9. The van der Waals surface area contributed by atoms with E-state index in [-0.39, 0.29) is 25.0 Å². The molecule has 2 rings (SSSR count). The third kappa shape index (κ3) is 7.09. The number of carbonyl (C=O) groups is 2. The number of nitrogens with one attached hydrogen (secondary N) is 1. The van der Waals surface area contributed by atoms with Crippen molar-refractivity contribution in [1.29, 1.82) is 0 Å². The van der Waals surface area contributed by atoms with Crippen LogP contribution in [0.15, 0.2) is 59.7 Å². The summed E-state index contributed by atoms with van der Waals surface area (Å²) < 4.78 is 2.87. The zero-order valence-corrected chi connectivity index (χ0v) is 18.9. The summed E-state index contributed by atoms with van der Waals surface area (Å²) in [5.74, 6) is 0.230. The molecular weight excluding hydrogens is 432 g/mol. The van der Waals surface area contributed by atoms with Gasteiger partial charge in [-0.05, 0) is 36.2 Å². The maximum absolute atomic E-state index is 13.1. The molecule has 0 aliphatic heterocycles. The second kappa shape index (κ2) is 10.9. The number of carbonyl (C=O) groups excluding carboxylic acids is 2. The maximum Gasteiger partial charge on any atom is 0.322 e. The number of amides is 3. The molecule has 0 radical (unpaired) electrons. The van der Waals surface area contributed by atoms with Crippen LogP contribution < -0.4 is 5.32 Å². The Morgan fingerprint density at radius 1 is 1.24 bits per heavy atom. The number of anilines is 1. The molecule has 0 spiro atoms. The average Bonchev–Trinajstić information content (AvgIpc) is 3.05. The fraction of sp³-hybridized carbons (Fsp3) is 0.364. The molecule has 6 nitrogen and oxygen atoms in total. The molecule has 0 atom stereocenters. The zero-order chi connectivity index (χ0) is 21.4. The smallest absolute Gasteiger partial charge is 0.322 e. The van der Waals surface area contributed by atoms with Gasteiger partial charge in [0.15, 0.2) is 0 Å². The monoisotopic (exact) mass is 460 g/mol. The van der Waals surface area contributed by atoms with E-state index < -0.39 is 0 Å². The minimum atomic E-state index is -0.334. The Morgan fingerprint density at radius 3 is 2.59 bits per heavy atom. The minimum absolute atomic E-state index is 0.0109. The van der Waals surface area contributed by atoms with Crippen molar-refractivity contribution in [3.8, 4) is 0 Å². The third-order valence-electron chi connectivity index (χ3n) is 4.38. The molecule has 0 fully saturated rings. The number of halogens is 1. The predicted molar refractivity (Wildman–Crippen MR) is 121 cm³/mol. The SMILES string of the molecule is C=CCN(CC(=O)N(Cc1cccn1C)CC(C)C)C(=O)Nc1cccc(Br)c1. The van der Waals surface area contributed by atoms with Crippen LogP contribution in [0.3, 0.4) is 0 Å². The Morgan fingerprint density at radius 2 is 2.00 bits per heavy atom. The number of urea groups is 1. The molecule has 1 N–H and O–H groups in total. The molecule has 0 unspecified atom stereocenters. The lowest BCUT2D eigenvalue weighted by molar-refractivity contribution is -0.132. The summed E-state index contributed by atoms with van der Waals surface area (Å²) >= 11 is 3.39. The molecule has 2 aromatic rings. The van der Waals surface area contributed by atoms with Gasteiger partial charge < -0.3 is 19.7 Å². The Kier molecular flexibility index (Phi) is 8.51. The number of benzene rings is 1. The quantitative estimate of drug-likeness (QED) is 0.560. The molecule has 1 aromatic carbocycles. The van der Waals surface area contributed by atoms with Crippen molar-refractivity contribution in [2.45, 2.75) is 20.4 Å². The lowest BCUT2D eigenvalue weighted by atomic mass is 10.2. The summed E-state index contributed by atoms with van der Waals surface area (Å²) in [6.07, 6.45) is 3.58. The molecule has 0 saturated heterocycles. The fourth-order valence-corrected chi connectivity index (χ4v) is 3.36. The molecule has 156 valence electrons. The van der Waals surface area contributed by atoms with E-state index in [1.807, 2.05) is 53.0 Å². The van der Waals surface area contributed by atoms with Crippen LogP contribution in [0.1, 0.15) is 19.5 Å². The van der Waals surface area contributed by atoms with Gasteiger partial charge >= 0.3 is 6.03 Å². The van der Waals surface area contributed by atoms with Crippen LogP contribution in [-0.4, -0.2) is 45.9 Å². The standard InChI is InChI=1S/C22H29BrN4O2/c1-5-11-26(22(29)24-19-9-6-8-18(23)13-19)16-21(28)27(14-17(2)3)15-20-10-7-12-25(20)4/h5-10,12-13,17H,1,11,14-16H2,2-4H3,(H,24,29). The summed E-state index contributed by atoms with van der Waals surface area (Å²) in [6, 6.07) is 11.0. The highest BCUT2D eigenvalue weighted by molar-refractivity contribution is 9.10. The molecule has 0 bridgehead atoms. The highest BCUT2D eigenvalue weighted by Gasteiger charge is 2.22. The molecule has 0 aliphatic carbocycles. The number of hydrogen-bond donors (Lipinski definition) is 1. The van der Waals surface area contributed by atoms with Gasteiger partial charge in [-0.3, -0.25) is 4.79 Å². The van der Waals surface area contributed by atoms with Gasteiger partial charge in [0.1, 0.15) is 6.54 Å². The van der Waals surface area contributed by atoms with Crippen LogP contribution in [-0.2, 0) is 18.4 Å². The summed E-state index contributed by atoms with van der Waals surface area (Å²) in [6.45, 7) is 9.28. The Bertz CT molecular complexity index is 847. The van der Waals surface area contributed by atoms with Gasteiger partial charge in [-0.25, -0.2) is 4.79 Å². The van der Waals surface area contributed by atoms with Crippen molar-refractivity contribution in [2.24, 2.45) is 13.0 Å². The van der Waals surface area contributed by atoms with Crippen LogP contribution in [0.25, 0.3) is 0 Å². The summed E-state index contributed by atoms with van der Waals surface area (Å²) in [5.41, 5.74) is 1.71. The molecule has 29 heavy (non-hydrogen) atoms. The predicted octanol–water partition coefficient (Wildman–Crippen LogP) is 4.49. The molecule has 3 amide bonds. The summed E-state index contributed by atoms with van der Waals surface area (Å²) in [7, 11) is 1.96. The van der Waals surface area contributed by atoms with Gasteiger partial charge in [-0.1, -0.05) is 41.9 Å². The maximum atomic E-state index is 13.1. The van der Waals surface area contributed by atoms with Crippen LogP contribution in [0, 0.1) is 5.92 Å². The topological polar surface area (TPSA) is 57.6 Å². The minimum Gasteiger partial charge on any atom is -0.353 e. The van der Waals surface area contributed by atoms with Crippen LogP contribution in [0.5, 0.6) is 0 Å². The van der Waals surface area contributed by atoms with Crippen molar-refractivity contribution in [1.82, 2.24) is 14.4 Å². The lowest BCUT2D eigenvalue weighted by Crippen LogP contribution is -2.45. The van der Waals surface area contributed by atoms with E-state index in [0.29, 0.717) is 24.7 Å². The van der Waals surface area contributed by atoms with Crippen molar-refractivity contribution in [3.63, 3.8) is 0 Å². The van der Waals surface area contributed by atoms with Crippen molar-refractivity contribution in [2.75, 3.05) is 25.0 Å². The molecule has 0 saturated carbocycles. The number of aryl methyl sites for hydroxylation is 1. The van der Waals surface area contributed by atoms with Gasteiger partial charge in [0.25, 0.3) is 0 Å². The van der Waals surface area contributed by atoms with Crippen LogP contribution >= 0.6 is 15.9 Å². The second-order valence-electron chi connectivity index (χ2n) is 7.39. The van der Waals surface area contributed by atoms with E-state index in [9.17, 15) is 9.59 Å². The third-order valence-corrected chi connectivity index (χ3v) is 4.87. The summed E-state index contributed by atoms with van der Waals surface area (Å²) in [5, 5.41) is 2.84. The van der Waals surface area contributed by atoms with Gasteiger partial charge in [0.2, 0.25) is 5.91 Å². The second-order valence-corrected chi connectivity index (χ2v) is 8.30. The highest BCUT2D eigenvalue weighted by Crippen LogP contribution is 2.16. The van der Waals surface area contributed by atoms with Crippen molar-refractivity contribution < 1.29 is 9.59 Å². The average molecular weight is 461 g/mol. The first kappa shape index (κ1) is 22.7. The molecule has 1 aromatic heterocycles. The largest absolute Gasteiger partial charge is 0.353 e. The Hall–Kier alpha value is -2.54. The van der Waals surface area contributed by atoms with E-state index >= 15 is 0 Å². The number of aromatic nitrogens is 1. The van der Waals surface area contributed by atoms with Gasteiger partial charge in [-0.2, -0.15) is 0 Å². The normalized spacial score (nSPS) is 10.7. The first-order chi connectivity index (χ1) is 13.8. The van der Waals surface area contributed by atoms with Crippen LogP contribution in [0.4, 0.5) is 10.5 Å². The Balaban J connectivity index is 2.10. The highest BCUT2D eigenvalue weighted by atomic mass is 79.9. The van der Waals surface area contributed by atoms with Gasteiger partial charge in [-0.15, -0.1) is 6.58 Å². The van der Waals surface area contributed by atoms with Gasteiger partial charge in [0, 0.05) is 42.2 Å². The first-order valence-corrected chi connectivity index (χ1v) is 10.4. The van der Waals surface area contributed by atoms with Crippen LogP contribution in [0.2, 0.25) is 0 Å². The Labute approximate surface area is 181 Å². The van der Waals surface area contributed by atoms with Gasteiger partial charge in [0.05, 0.1) is 6.54 Å². The van der Waals surface area contributed by atoms with E-state index in [0.717, 1.165) is 10.2 Å². The van der Waals surface area contributed by atoms with E-state index in [2.05, 4.69) is 41.7 Å². The van der Waals surface area contributed by atoms with Crippen molar-refractivity contribution in [3.05, 3.63) is 65.4 Å².